The van der Waals surface area contributed by atoms with E-state index in [2.05, 4.69) is 0 Å². The lowest BCUT2D eigenvalue weighted by Crippen LogP contribution is -2.53. The number of carboxylic acids is 1. The summed E-state index contributed by atoms with van der Waals surface area (Å²) >= 11 is 11.8. The minimum absolute atomic E-state index is 0.00935. The van der Waals surface area contributed by atoms with Crippen LogP contribution in [-0.2, 0) is 20.7 Å². The molecule has 20 heavy (non-hydrogen) atoms. The van der Waals surface area contributed by atoms with Crippen molar-refractivity contribution in [2.24, 2.45) is 0 Å². The van der Waals surface area contributed by atoms with Gasteiger partial charge in [0.1, 0.15) is 0 Å². The van der Waals surface area contributed by atoms with E-state index in [9.17, 15) is 9.59 Å². The molecule has 1 aliphatic heterocycles. The average molecular weight is 318 g/mol. The van der Waals surface area contributed by atoms with Gasteiger partial charge < -0.3 is 14.7 Å². The molecule has 1 heterocycles. The average Bonchev–Trinajstić information content (AvgIpc) is 2.41. The highest BCUT2D eigenvalue weighted by Gasteiger charge is 2.32. The first-order chi connectivity index (χ1) is 9.49. The van der Waals surface area contributed by atoms with Gasteiger partial charge in [-0.2, -0.15) is 0 Å². The van der Waals surface area contributed by atoms with E-state index >= 15 is 0 Å². The van der Waals surface area contributed by atoms with Crippen LogP contribution in [-0.4, -0.2) is 47.7 Å². The molecule has 0 saturated carbocycles. The van der Waals surface area contributed by atoms with Crippen molar-refractivity contribution in [1.29, 1.82) is 0 Å². The molecule has 0 spiro atoms. The van der Waals surface area contributed by atoms with Crippen LogP contribution in [0.4, 0.5) is 0 Å². The Morgan fingerprint density at radius 1 is 1.40 bits per heavy atom. The molecule has 1 aromatic carbocycles. The highest BCUT2D eigenvalue weighted by molar-refractivity contribution is 6.35. The van der Waals surface area contributed by atoms with Crippen LogP contribution >= 0.6 is 23.2 Å². The number of nitrogens with zero attached hydrogens (tertiary/aromatic N) is 1. The van der Waals surface area contributed by atoms with Crippen molar-refractivity contribution in [3.05, 3.63) is 33.8 Å². The first-order valence-corrected chi connectivity index (χ1v) is 6.78. The molecule has 0 radical (unpaired) electrons. The number of amides is 1. The van der Waals surface area contributed by atoms with Crippen LogP contribution in [0.3, 0.4) is 0 Å². The fourth-order valence-electron chi connectivity index (χ4n) is 2.04. The molecule has 1 N–H and O–H groups in total. The van der Waals surface area contributed by atoms with E-state index in [1.165, 1.54) is 4.90 Å². The van der Waals surface area contributed by atoms with Crippen molar-refractivity contribution in [1.82, 2.24) is 4.90 Å². The summed E-state index contributed by atoms with van der Waals surface area (Å²) in [6.07, 6.45) is 0.0415. The minimum atomic E-state index is -1.07. The van der Waals surface area contributed by atoms with Gasteiger partial charge >= 0.3 is 5.97 Å². The molecule has 0 aliphatic carbocycles. The maximum absolute atomic E-state index is 12.2. The second-order valence-corrected chi connectivity index (χ2v) is 5.27. The number of hydrogen-bond donors (Lipinski definition) is 1. The minimum Gasteiger partial charge on any atom is -0.480 e. The SMILES string of the molecule is O=C(O)[C@H]1COCCN1C(=O)Cc1ccc(Cl)cc1Cl. The lowest BCUT2D eigenvalue weighted by Gasteiger charge is -2.33. The molecular weight excluding hydrogens is 305 g/mol. The second-order valence-electron chi connectivity index (χ2n) is 4.43. The van der Waals surface area contributed by atoms with E-state index in [4.69, 9.17) is 33.0 Å². The molecule has 0 aromatic heterocycles. The Morgan fingerprint density at radius 3 is 2.80 bits per heavy atom. The number of halogens is 2. The Bertz CT molecular complexity index is 535. The van der Waals surface area contributed by atoms with Crippen LogP contribution in [0, 0.1) is 0 Å². The highest BCUT2D eigenvalue weighted by Crippen LogP contribution is 2.22. The molecule has 1 fully saturated rings. The summed E-state index contributed by atoms with van der Waals surface area (Å²) in [6.45, 7) is 0.611. The Kier molecular flexibility index (Phi) is 4.86. The van der Waals surface area contributed by atoms with Gasteiger partial charge in [0.15, 0.2) is 6.04 Å². The standard InChI is InChI=1S/C13H13Cl2NO4/c14-9-2-1-8(10(15)6-9)5-12(17)16-3-4-20-7-11(16)13(18)19/h1-2,6,11H,3-5,7H2,(H,18,19)/t11-/m1/s1. The van der Waals surface area contributed by atoms with Crippen LogP contribution in [0.15, 0.2) is 18.2 Å². The smallest absolute Gasteiger partial charge is 0.328 e. The molecule has 2 rings (SSSR count). The van der Waals surface area contributed by atoms with Gasteiger partial charge in [0.05, 0.1) is 19.6 Å². The normalized spacial score (nSPS) is 18.9. The first kappa shape index (κ1) is 15.1. The number of carbonyl (C=O) groups excluding carboxylic acids is 1. The molecule has 5 nitrogen and oxygen atoms in total. The van der Waals surface area contributed by atoms with Gasteiger partial charge in [-0.15, -0.1) is 0 Å². The quantitative estimate of drug-likeness (QED) is 0.923. The predicted molar refractivity (Wildman–Crippen MR) is 74.1 cm³/mol. The van der Waals surface area contributed by atoms with E-state index in [0.717, 1.165) is 0 Å². The highest BCUT2D eigenvalue weighted by atomic mass is 35.5. The zero-order valence-corrected chi connectivity index (χ0v) is 12.0. The summed E-state index contributed by atoms with van der Waals surface area (Å²) in [5, 5.41) is 9.98. The molecule has 7 heteroatoms. The molecule has 1 atom stereocenters. The number of rotatable bonds is 3. The van der Waals surface area contributed by atoms with Crippen molar-refractivity contribution < 1.29 is 19.4 Å². The lowest BCUT2D eigenvalue weighted by atomic mass is 10.1. The number of ether oxygens (including phenoxy) is 1. The summed E-state index contributed by atoms with van der Waals surface area (Å²) in [5.74, 6) is -1.36. The van der Waals surface area contributed by atoms with Crippen LogP contribution in [0.25, 0.3) is 0 Å². The number of morpholine rings is 1. The van der Waals surface area contributed by atoms with Crippen molar-refractivity contribution >= 4 is 35.1 Å². The number of carbonyl (C=O) groups is 2. The van der Waals surface area contributed by atoms with E-state index in [0.29, 0.717) is 22.2 Å². The van der Waals surface area contributed by atoms with E-state index < -0.39 is 12.0 Å². The van der Waals surface area contributed by atoms with Gasteiger partial charge in [0, 0.05) is 16.6 Å². The maximum Gasteiger partial charge on any atom is 0.328 e. The molecule has 1 amide bonds. The molecule has 1 saturated heterocycles. The van der Waals surface area contributed by atoms with Crippen LogP contribution < -0.4 is 0 Å². The first-order valence-electron chi connectivity index (χ1n) is 6.03. The summed E-state index contributed by atoms with van der Waals surface area (Å²) in [5.41, 5.74) is 0.622. The summed E-state index contributed by atoms with van der Waals surface area (Å²) in [4.78, 5) is 24.7. The van der Waals surface area contributed by atoms with Gasteiger partial charge in [-0.3, -0.25) is 4.79 Å². The van der Waals surface area contributed by atoms with Crippen molar-refractivity contribution in [3.8, 4) is 0 Å². The van der Waals surface area contributed by atoms with Crippen molar-refractivity contribution in [3.63, 3.8) is 0 Å². The number of benzene rings is 1. The topological polar surface area (TPSA) is 66.8 Å². The van der Waals surface area contributed by atoms with Crippen molar-refractivity contribution in [2.75, 3.05) is 19.8 Å². The summed E-state index contributed by atoms with van der Waals surface area (Å²) in [6, 6.07) is 3.92. The third kappa shape index (κ3) is 3.42. The van der Waals surface area contributed by atoms with Gasteiger partial charge in [-0.05, 0) is 17.7 Å². The predicted octanol–water partition coefficient (Wildman–Crippen LogP) is 1.85. The Morgan fingerprint density at radius 2 is 2.15 bits per heavy atom. The molecule has 1 aliphatic rings. The summed E-state index contributed by atoms with van der Waals surface area (Å²) < 4.78 is 5.10. The molecule has 1 aromatic rings. The van der Waals surface area contributed by atoms with Gasteiger partial charge in [-0.1, -0.05) is 29.3 Å². The number of carboxylic acid groups (broad SMARTS) is 1. The maximum atomic E-state index is 12.2. The van der Waals surface area contributed by atoms with Crippen LogP contribution in [0.5, 0.6) is 0 Å². The monoisotopic (exact) mass is 317 g/mol. The molecule has 0 unspecified atom stereocenters. The summed E-state index contributed by atoms with van der Waals surface area (Å²) in [7, 11) is 0. The number of hydrogen-bond acceptors (Lipinski definition) is 3. The lowest BCUT2D eigenvalue weighted by molar-refractivity contribution is -0.158. The second kappa shape index (κ2) is 6.43. The zero-order chi connectivity index (χ0) is 14.7. The van der Waals surface area contributed by atoms with Gasteiger partial charge in [0.25, 0.3) is 0 Å². The van der Waals surface area contributed by atoms with Crippen LogP contribution in [0.1, 0.15) is 5.56 Å². The van der Waals surface area contributed by atoms with Gasteiger partial charge in [0.2, 0.25) is 5.91 Å². The van der Waals surface area contributed by atoms with Crippen molar-refractivity contribution in [2.45, 2.75) is 12.5 Å². The van der Waals surface area contributed by atoms with E-state index in [-0.39, 0.29) is 25.5 Å². The van der Waals surface area contributed by atoms with E-state index in [1.54, 1.807) is 18.2 Å². The number of aliphatic carboxylic acids is 1. The Balaban J connectivity index is 2.12. The Hall–Kier alpha value is -1.30. The largest absolute Gasteiger partial charge is 0.480 e. The third-order valence-corrected chi connectivity index (χ3v) is 3.68. The zero-order valence-electron chi connectivity index (χ0n) is 10.5. The van der Waals surface area contributed by atoms with E-state index in [1.807, 2.05) is 0 Å². The Labute approximate surface area is 126 Å². The van der Waals surface area contributed by atoms with Gasteiger partial charge in [-0.25, -0.2) is 4.79 Å². The molecule has 0 bridgehead atoms. The fraction of sp³-hybridized carbons (Fsp3) is 0.385. The molecule has 108 valence electrons. The third-order valence-electron chi connectivity index (χ3n) is 3.09. The molecular formula is C13H13Cl2NO4. The fourth-order valence-corrected chi connectivity index (χ4v) is 2.51. The van der Waals surface area contributed by atoms with Crippen LogP contribution in [0.2, 0.25) is 10.0 Å².